The Morgan fingerprint density at radius 1 is 1.11 bits per heavy atom. The molecule has 0 saturated carbocycles. The van der Waals surface area contributed by atoms with Gasteiger partial charge in [0.1, 0.15) is 11.2 Å². The quantitative estimate of drug-likeness (QED) is 0.652. The first-order valence-electron chi connectivity index (χ1n) is 5.10. The molecule has 0 fully saturated rings. The van der Waals surface area contributed by atoms with Gasteiger partial charge < -0.3 is 0 Å². The van der Waals surface area contributed by atoms with Crippen LogP contribution in [-0.4, -0.2) is 14.8 Å². The Hall–Kier alpha value is -1.10. The summed E-state index contributed by atoms with van der Waals surface area (Å²) < 4.78 is 2.50. The molecule has 18 heavy (non-hydrogen) atoms. The van der Waals surface area contributed by atoms with E-state index in [2.05, 4.69) is 26.0 Å². The van der Waals surface area contributed by atoms with E-state index in [1.807, 2.05) is 6.20 Å². The summed E-state index contributed by atoms with van der Waals surface area (Å²) in [6, 6.07) is 5.36. The van der Waals surface area contributed by atoms with E-state index in [-0.39, 0.29) is 0 Å². The van der Waals surface area contributed by atoms with Gasteiger partial charge in [-0.25, -0.2) is 4.68 Å². The summed E-state index contributed by atoms with van der Waals surface area (Å²) in [5, 5.41) is 6.49. The van der Waals surface area contributed by atoms with Gasteiger partial charge in [-0.05, 0) is 28.1 Å². The predicted octanol–water partition coefficient (Wildman–Crippen LogP) is 4.49. The Balaban J connectivity index is 2.30. The Bertz CT molecular complexity index is 719. The molecule has 1 aromatic carbocycles. The highest BCUT2D eigenvalue weighted by atomic mass is 79.9. The molecular formula is C12H6BrCl2N3. The van der Waals surface area contributed by atoms with Crippen molar-refractivity contribution in [2.24, 2.45) is 0 Å². The van der Waals surface area contributed by atoms with Gasteiger partial charge in [-0.15, -0.1) is 0 Å². The standard InChI is InChI=1S/C12H6BrCl2N3/c13-8-5-16-4-7-6-18(17-11(7)8)12-9(14)2-1-3-10(12)15/h1-6H. The number of hydrogen-bond donors (Lipinski definition) is 0. The molecule has 0 amide bonds. The molecule has 90 valence electrons. The van der Waals surface area contributed by atoms with Crippen LogP contribution in [0.25, 0.3) is 16.6 Å². The second-order valence-corrected chi connectivity index (χ2v) is 5.37. The lowest BCUT2D eigenvalue weighted by molar-refractivity contribution is 0.896. The number of halogens is 3. The zero-order valence-corrected chi connectivity index (χ0v) is 12.0. The maximum Gasteiger partial charge on any atom is 0.110 e. The minimum Gasteiger partial charge on any atom is -0.263 e. The Labute approximate surface area is 121 Å². The largest absolute Gasteiger partial charge is 0.263 e. The number of para-hydroxylation sites is 1. The van der Waals surface area contributed by atoms with E-state index in [0.717, 1.165) is 15.4 Å². The molecule has 0 atom stereocenters. The van der Waals surface area contributed by atoms with Crippen LogP contribution in [0.5, 0.6) is 0 Å². The predicted molar refractivity (Wildman–Crippen MR) is 76.6 cm³/mol. The second-order valence-electron chi connectivity index (χ2n) is 3.70. The monoisotopic (exact) mass is 341 g/mol. The fraction of sp³-hybridized carbons (Fsp3) is 0. The molecular weight excluding hydrogens is 337 g/mol. The van der Waals surface area contributed by atoms with E-state index >= 15 is 0 Å². The Morgan fingerprint density at radius 3 is 2.50 bits per heavy atom. The third-order valence-electron chi connectivity index (χ3n) is 2.54. The molecule has 0 aliphatic rings. The Morgan fingerprint density at radius 2 is 1.83 bits per heavy atom. The molecule has 0 radical (unpaired) electrons. The van der Waals surface area contributed by atoms with Gasteiger partial charge >= 0.3 is 0 Å². The van der Waals surface area contributed by atoms with E-state index in [1.54, 1.807) is 35.3 Å². The van der Waals surface area contributed by atoms with Crippen molar-refractivity contribution in [2.75, 3.05) is 0 Å². The summed E-state index contributed by atoms with van der Waals surface area (Å²) >= 11 is 15.7. The SMILES string of the molecule is Clc1cccc(Cl)c1-n1cc2cncc(Br)c2n1. The van der Waals surface area contributed by atoms with E-state index < -0.39 is 0 Å². The average molecular weight is 343 g/mol. The summed E-state index contributed by atoms with van der Waals surface area (Å²) in [5.74, 6) is 0. The number of aromatic nitrogens is 3. The summed E-state index contributed by atoms with van der Waals surface area (Å²) in [5.41, 5.74) is 1.49. The van der Waals surface area contributed by atoms with Gasteiger partial charge in [-0.3, -0.25) is 4.98 Å². The van der Waals surface area contributed by atoms with Gasteiger partial charge in [0.2, 0.25) is 0 Å². The van der Waals surface area contributed by atoms with E-state index in [1.165, 1.54) is 0 Å². The van der Waals surface area contributed by atoms with Crippen LogP contribution >= 0.6 is 39.1 Å². The summed E-state index contributed by atoms with van der Waals surface area (Å²) in [6.07, 6.45) is 5.29. The number of hydrogen-bond acceptors (Lipinski definition) is 2. The van der Waals surface area contributed by atoms with Crippen molar-refractivity contribution in [3.63, 3.8) is 0 Å². The highest BCUT2D eigenvalue weighted by Gasteiger charge is 2.11. The lowest BCUT2D eigenvalue weighted by Gasteiger charge is -2.05. The molecule has 0 aliphatic heterocycles. The number of benzene rings is 1. The third kappa shape index (κ3) is 1.90. The summed E-state index contributed by atoms with van der Waals surface area (Å²) in [7, 11) is 0. The fourth-order valence-electron chi connectivity index (χ4n) is 1.73. The molecule has 3 aromatic rings. The topological polar surface area (TPSA) is 30.7 Å². The second kappa shape index (κ2) is 4.53. The van der Waals surface area contributed by atoms with Crippen LogP contribution < -0.4 is 0 Å². The molecule has 3 rings (SSSR count). The van der Waals surface area contributed by atoms with Crippen molar-refractivity contribution >= 4 is 50.0 Å². The van der Waals surface area contributed by atoms with Crippen LogP contribution in [0, 0.1) is 0 Å². The minimum atomic E-state index is 0.555. The van der Waals surface area contributed by atoms with Gasteiger partial charge in [-0.1, -0.05) is 29.3 Å². The van der Waals surface area contributed by atoms with Crippen LogP contribution in [0.4, 0.5) is 0 Å². The highest BCUT2D eigenvalue weighted by Crippen LogP contribution is 2.30. The molecule has 0 N–H and O–H groups in total. The van der Waals surface area contributed by atoms with Gasteiger partial charge in [0.15, 0.2) is 0 Å². The van der Waals surface area contributed by atoms with Crippen molar-refractivity contribution in [3.05, 3.63) is 51.3 Å². The molecule has 3 nitrogen and oxygen atoms in total. The normalized spacial score (nSPS) is 11.1. The third-order valence-corrected chi connectivity index (χ3v) is 3.73. The number of rotatable bonds is 1. The molecule has 6 heteroatoms. The molecule has 0 saturated heterocycles. The van der Waals surface area contributed by atoms with Crippen LogP contribution in [0.2, 0.25) is 10.0 Å². The lowest BCUT2D eigenvalue weighted by Crippen LogP contribution is -1.96. The average Bonchev–Trinajstić information content (AvgIpc) is 2.74. The zero-order chi connectivity index (χ0) is 12.7. The molecule has 2 heterocycles. The van der Waals surface area contributed by atoms with Crippen molar-refractivity contribution in [1.82, 2.24) is 14.8 Å². The molecule has 2 aromatic heterocycles. The number of nitrogens with zero attached hydrogens (tertiary/aromatic N) is 3. The van der Waals surface area contributed by atoms with Crippen molar-refractivity contribution in [3.8, 4) is 5.69 Å². The first-order valence-corrected chi connectivity index (χ1v) is 6.65. The van der Waals surface area contributed by atoms with Gasteiger partial charge in [0.25, 0.3) is 0 Å². The van der Waals surface area contributed by atoms with Crippen molar-refractivity contribution < 1.29 is 0 Å². The van der Waals surface area contributed by atoms with Crippen LogP contribution in [0.15, 0.2) is 41.3 Å². The summed E-state index contributed by atoms with van der Waals surface area (Å²) in [4.78, 5) is 4.10. The van der Waals surface area contributed by atoms with E-state index in [4.69, 9.17) is 23.2 Å². The maximum absolute atomic E-state index is 6.16. The van der Waals surface area contributed by atoms with Crippen molar-refractivity contribution in [1.29, 1.82) is 0 Å². The van der Waals surface area contributed by atoms with Crippen molar-refractivity contribution in [2.45, 2.75) is 0 Å². The smallest absolute Gasteiger partial charge is 0.110 e. The van der Waals surface area contributed by atoms with Crippen LogP contribution in [0.3, 0.4) is 0 Å². The van der Waals surface area contributed by atoms with Crippen LogP contribution in [-0.2, 0) is 0 Å². The van der Waals surface area contributed by atoms with E-state index in [0.29, 0.717) is 15.7 Å². The highest BCUT2D eigenvalue weighted by molar-refractivity contribution is 9.10. The van der Waals surface area contributed by atoms with Gasteiger partial charge in [0.05, 0.1) is 14.5 Å². The molecule has 0 spiro atoms. The van der Waals surface area contributed by atoms with E-state index in [9.17, 15) is 0 Å². The first-order chi connectivity index (χ1) is 8.66. The Kier molecular flexibility index (Phi) is 3.01. The molecule has 0 unspecified atom stereocenters. The van der Waals surface area contributed by atoms with Gasteiger partial charge in [-0.2, -0.15) is 5.10 Å². The molecule has 0 aliphatic carbocycles. The van der Waals surface area contributed by atoms with Crippen LogP contribution in [0.1, 0.15) is 0 Å². The maximum atomic E-state index is 6.16. The minimum absolute atomic E-state index is 0.555. The first kappa shape index (κ1) is 12.0. The molecule has 0 bridgehead atoms. The number of fused-ring (bicyclic) bond motifs is 1. The fourth-order valence-corrected chi connectivity index (χ4v) is 2.73. The summed E-state index contributed by atoms with van der Waals surface area (Å²) in [6.45, 7) is 0. The van der Waals surface area contributed by atoms with Gasteiger partial charge in [0, 0.05) is 24.0 Å². The zero-order valence-electron chi connectivity index (χ0n) is 8.94. The number of pyridine rings is 1. The lowest BCUT2D eigenvalue weighted by atomic mass is 10.3.